The normalized spacial score (nSPS) is 11.3. The van der Waals surface area contributed by atoms with Crippen molar-refractivity contribution in [3.63, 3.8) is 0 Å². The summed E-state index contributed by atoms with van der Waals surface area (Å²) >= 11 is 3.43. The molecule has 6 heteroatoms. The molecule has 0 saturated heterocycles. The minimum absolute atomic E-state index is 0.915. The van der Waals surface area contributed by atoms with Gasteiger partial charge in [0.1, 0.15) is 0 Å². The standard InChI is InChI=1S/C20H14N4.2C4H4S/c1-2-14-10-16-5-6-18(23-16)12-20-8-7-19(24-20)11-17-4-3-15(22-17)9-13(1)21-14;2*1-2-4-5-3-1/h1-12,21-22H;2*1-4H. The van der Waals surface area contributed by atoms with Crippen LogP contribution in [0, 0.1) is 0 Å². The second kappa shape index (κ2) is 10.7. The first kappa shape index (κ1) is 21.8. The average molecular weight is 479 g/mol. The zero-order valence-electron chi connectivity index (χ0n) is 18.3. The Morgan fingerprint density at radius 1 is 0.441 bits per heavy atom. The highest BCUT2D eigenvalue weighted by molar-refractivity contribution is 7.08. The third-order valence-corrected chi connectivity index (χ3v) is 6.15. The van der Waals surface area contributed by atoms with Gasteiger partial charge in [-0.2, -0.15) is 22.7 Å². The van der Waals surface area contributed by atoms with Gasteiger partial charge in [0, 0.05) is 22.1 Å². The van der Waals surface area contributed by atoms with E-state index in [9.17, 15) is 0 Å². The Morgan fingerprint density at radius 3 is 1.15 bits per heavy atom. The van der Waals surface area contributed by atoms with Crippen LogP contribution in [0.1, 0.15) is 22.8 Å². The van der Waals surface area contributed by atoms with E-state index in [0.29, 0.717) is 0 Å². The van der Waals surface area contributed by atoms with Gasteiger partial charge in [0.2, 0.25) is 0 Å². The SMILES string of the molecule is C1=Cc2cc3ccc(cc4ccc(cc5nc(cc1n2)C=C5)[nH]4)[nH]3.c1ccsc1.c1ccsc1. The van der Waals surface area contributed by atoms with Crippen LogP contribution in [0.3, 0.4) is 0 Å². The van der Waals surface area contributed by atoms with Crippen molar-refractivity contribution in [3.8, 4) is 0 Å². The number of nitrogens with zero attached hydrogens (tertiary/aromatic N) is 2. The Bertz CT molecular complexity index is 1400. The van der Waals surface area contributed by atoms with E-state index < -0.39 is 0 Å². The average Bonchev–Trinajstić information content (AvgIpc) is 3.65. The molecule has 5 aromatic rings. The van der Waals surface area contributed by atoms with Crippen LogP contribution in [-0.4, -0.2) is 19.9 Å². The van der Waals surface area contributed by atoms with Crippen LogP contribution in [0.2, 0.25) is 0 Å². The highest BCUT2D eigenvalue weighted by atomic mass is 32.1. The lowest BCUT2D eigenvalue weighted by Gasteiger charge is -1.86. The van der Waals surface area contributed by atoms with E-state index in [0.717, 1.165) is 44.8 Å². The molecule has 0 aliphatic carbocycles. The van der Waals surface area contributed by atoms with E-state index in [2.05, 4.69) is 50.3 Å². The van der Waals surface area contributed by atoms with Crippen molar-refractivity contribution in [1.82, 2.24) is 19.9 Å². The summed E-state index contributed by atoms with van der Waals surface area (Å²) in [6, 6.07) is 24.5. The van der Waals surface area contributed by atoms with Crippen LogP contribution in [-0.2, 0) is 0 Å². The second-order valence-electron chi connectivity index (χ2n) is 7.49. The molecule has 2 aliphatic rings. The van der Waals surface area contributed by atoms with Crippen molar-refractivity contribution >= 4 is 69.0 Å². The fourth-order valence-electron chi connectivity index (χ4n) is 3.40. The number of fused-ring (bicyclic) bond motifs is 8. The molecule has 8 bridgehead atoms. The molecule has 0 unspecified atom stereocenters. The van der Waals surface area contributed by atoms with E-state index in [1.165, 1.54) is 0 Å². The minimum atomic E-state index is 0.915. The third-order valence-electron chi connectivity index (χ3n) is 4.89. The topological polar surface area (TPSA) is 57.4 Å². The maximum absolute atomic E-state index is 4.62. The van der Waals surface area contributed by atoms with Crippen LogP contribution in [0.15, 0.2) is 94.3 Å². The molecule has 0 aromatic carbocycles. The van der Waals surface area contributed by atoms with Crippen molar-refractivity contribution in [2.24, 2.45) is 0 Å². The highest BCUT2D eigenvalue weighted by Crippen LogP contribution is 2.17. The zero-order chi connectivity index (χ0) is 23.0. The Labute approximate surface area is 205 Å². The molecule has 0 spiro atoms. The van der Waals surface area contributed by atoms with Gasteiger partial charge in [0.05, 0.1) is 22.8 Å². The number of hydrogen-bond acceptors (Lipinski definition) is 4. The molecular formula is C28H22N4S2. The van der Waals surface area contributed by atoms with Crippen molar-refractivity contribution in [2.45, 2.75) is 0 Å². The zero-order valence-corrected chi connectivity index (χ0v) is 19.9. The number of thiophene rings is 2. The summed E-state index contributed by atoms with van der Waals surface area (Å²) in [6.07, 6.45) is 8.05. The van der Waals surface area contributed by atoms with Gasteiger partial charge < -0.3 is 9.97 Å². The molecule has 0 radical (unpaired) electrons. The molecule has 5 aromatic heterocycles. The van der Waals surface area contributed by atoms with Gasteiger partial charge >= 0.3 is 0 Å². The molecule has 0 saturated carbocycles. The lowest BCUT2D eigenvalue weighted by atomic mass is 10.3. The maximum atomic E-state index is 4.62. The fourth-order valence-corrected chi connectivity index (χ4v) is 4.30. The fraction of sp³-hybridized carbons (Fsp3) is 0. The summed E-state index contributed by atoms with van der Waals surface area (Å²) in [7, 11) is 0. The molecule has 0 atom stereocenters. The molecule has 4 nitrogen and oxygen atoms in total. The van der Waals surface area contributed by atoms with Crippen LogP contribution in [0.25, 0.3) is 46.4 Å². The summed E-state index contributed by atoms with van der Waals surface area (Å²) in [5, 5.41) is 8.17. The lowest BCUT2D eigenvalue weighted by molar-refractivity contribution is 1.28. The van der Waals surface area contributed by atoms with Gasteiger partial charge in [-0.1, -0.05) is 24.3 Å². The van der Waals surface area contributed by atoms with Gasteiger partial charge in [-0.3, -0.25) is 0 Å². The molecule has 7 rings (SSSR count). The third kappa shape index (κ3) is 6.07. The molecular weight excluding hydrogens is 456 g/mol. The summed E-state index contributed by atoms with van der Waals surface area (Å²) < 4.78 is 0. The largest absolute Gasteiger partial charge is 0.355 e. The highest BCUT2D eigenvalue weighted by Gasteiger charge is 2.02. The quantitative estimate of drug-likeness (QED) is 0.231. The van der Waals surface area contributed by atoms with E-state index in [4.69, 9.17) is 0 Å². The first-order valence-corrected chi connectivity index (χ1v) is 12.7. The van der Waals surface area contributed by atoms with Crippen LogP contribution in [0.4, 0.5) is 0 Å². The molecule has 0 fully saturated rings. The summed E-state index contributed by atoms with van der Waals surface area (Å²) in [5.74, 6) is 0. The number of nitrogens with one attached hydrogen (secondary N) is 2. The van der Waals surface area contributed by atoms with Gasteiger partial charge in [0.15, 0.2) is 0 Å². The number of aromatic amines is 2. The Morgan fingerprint density at radius 2 is 0.794 bits per heavy atom. The predicted octanol–water partition coefficient (Wildman–Crippen LogP) is 8.15. The van der Waals surface area contributed by atoms with Crippen LogP contribution in [0.5, 0.6) is 0 Å². The van der Waals surface area contributed by atoms with Crippen LogP contribution >= 0.6 is 22.7 Å². The smallest absolute Gasteiger partial charge is 0.0659 e. The van der Waals surface area contributed by atoms with Crippen molar-refractivity contribution in [1.29, 1.82) is 0 Å². The van der Waals surface area contributed by atoms with E-state index >= 15 is 0 Å². The van der Waals surface area contributed by atoms with Gasteiger partial charge in [-0.15, -0.1) is 0 Å². The van der Waals surface area contributed by atoms with E-state index in [1.807, 2.05) is 88.3 Å². The molecule has 2 N–H and O–H groups in total. The van der Waals surface area contributed by atoms with E-state index in [-0.39, 0.29) is 0 Å². The van der Waals surface area contributed by atoms with Gasteiger partial charge in [0.25, 0.3) is 0 Å². The van der Waals surface area contributed by atoms with Crippen molar-refractivity contribution in [2.75, 3.05) is 0 Å². The number of rotatable bonds is 0. The van der Waals surface area contributed by atoms with Gasteiger partial charge in [-0.05, 0) is 94.4 Å². The summed E-state index contributed by atoms with van der Waals surface area (Å²) in [4.78, 5) is 16.0. The number of H-pyrrole nitrogens is 2. The molecule has 0 amide bonds. The first-order valence-electron chi connectivity index (χ1n) is 10.8. The lowest BCUT2D eigenvalue weighted by Crippen LogP contribution is -1.77. The van der Waals surface area contributed by atoms with Crippen molar-refractivity contribution in [3.05, 3.63) is 117 Å². The molecule has 7 heterocycles. The Balaban J connectivity index is 0.000000199. The molecule has 2 aliphatic heterocycles. The summed E-state index contributed by atoms with van der Waals surface area (Å²) in [5.41, 5.74) is 7.86. The molecule has 166 valence electrons. The number of hydrogen-bond donors (Lipinski definition) is 2. The predicted molar refractivity (Wildman–Crippen MR) is 147 cm³/mol. The monoisotopic (exact) mass is 478 g/mol. The number of aromatic nitrogens is 4. The van der Waals surface area contributed by atoms with Crippen LogP contribution < -0.4 is 0 Å². The van der Waals surface area contributed by atoms with Gasteiger partial charge in [-0.25, -0.2) is 9.97 Å². The Kier molecular flexibility index (Phi) is 6.90. The second-order valence-corrected chi connectivity index (χ2v) is 9.12. The Hall–Kier alpha value is -4.00. The summed E-state index contributed by atoms with van der Waals surface area (Å²) in [6.45, 7) is 0. The van der Waals surface area contributed by atoms with E-state index in [1.54, 1.807) is 22.7 Å². The maximum Gasteiger partial charge on any atom is 0.0659 e. The van der Waals surface area contributed by atoms with Crippen molar-refractivity contribution < 1.29 is 0 Å². The minimum Gasteiger partial charge on any atom is -0.355 e. The molecule has 34 heavy (non-hydrogen) atoms. The first-order chi connectivity index (χ1) is 16.8.